The van der Waals surface area contributed by atoms with Gasteiger partial charge < -0.3 is 14.7 Å². The van der Waals surface area contributed by atoms with Gasteiger partial charge in [0.05, 0.1) is 0 Å². The van der Waals surface area contributed by atoms with Crippen molar-refractivity contribution in [3.8, 4) is 11.1 Å². The fourth-order valence-corrected chi connectivity index (χ4v) is 9.53. The third kappa shape index (κ3) is 8.05. The highest BCUT2D eigenvalue weighted by molar-refractivity contribution is 5.84. The quantitative estimate of drug-likeness (QED) is 0.108. The summed E-state index contributed by atoms with van der Waals surface area (Å²) < 4.78 is 0. The summed E-state index contributed by atoms with van der Waals surface area (Å²) in [6.07, 6.45) is 10.5. The zero-order valence-electron chi connectivity index (χ0n) is 35.9. The number of anilines is 9. The summed E-state index contributed by atoms with van der Waals surface area (Å²) in [6.45, 7) is 0. The Hall–Kier alpha value is -6.84. The lowest BCUT2D eigenvalue weighted by atomic mass is 10.0. The molecule has 0 amide bonds. The summed E-state index contributed by atoms with van der Waals surface area (Å²) in [5, 5.41) is 0. The van der Waals surface area contributed by atoms with Crippen LogP contribution in [0.2, 0.25) is 0 Å². The molecule has 0 bridgehead atoms. The highest BCUT2D eigenvalue weighted by atomic mass is 15.2. The first-order valence-corrected chi connectivity index (χ1v) is 23.3. The van der Waals surface area contributed by atoms with Crippen molar-refractivity contribution in [3.05, 3.63) is 222 Å². The molecule has 0 aliphatic heterocycles. The van der Waals surface area contributed by atoms with Crippen molar-refractivity contribution in [2.45, 2.75) is 75.0 Å². The average Bonchev–Trinajstić information content (AvgIpc) is 4.12. The number of hydrogen-bond donors (Lipinski definition) is 0. The lowest BCUT2D eigenvalue weighted by Gasteiger charge is -2.30. The van der Waals surface area contributed by atoms with E-state index in [1.165, 1.54) is 107 Å². The Balaban J connectivity index is 0.910. The number of nitrogens with zero attached hydrogens (tertiary/aromatic N) is 3. The minimum atomic E-state index is 0.728. The highest BCUT2D eigenvalue weighted by Crippen LogP contribution is 2.47. The van der Waals surface area contributed by atoms with Crippen molar-refractivity contribution in [2.24, 2.45) is 0 Å². The van der Waals surface area contributed by atoms with Crippen molar-refractivity contribution in [1.29, 1.82) is 0 Å². The average molecular weight is 816 g/mol. The van der Waals surface area contributed by atoms with E-state index in [0.29, 0.717) is 0 Å². The zero-order valence-corrected chi connectivity index (χ0v) is 35.9. The van der Waals surface area contributed by atoms with Gasteiger partial charge in [-0.3, -0.25) is 0 Å². The highest BCUT2D eigenvalue weighted by Gasteiger charge is 2.27. The molecule has 0 heterocycles. The molecule has 4 aliphatic rings. The molecule has 308 valence electrons. The van der Waals surface area contributed by atoms with Crippen LogP contribution in [-0.2, 0) is 0 Å². The summed E-state index contributed by atoms with van der Waals surface area (Å²) in [5.74, 6) is 2.91. The van der Waals surface area contributed by atoms with Gasteiger partial charge in [0, 0.05) is 51.2 Å². The molecule has 12 rings (SSSR count). The molecular weight excluding hydrogens is 763 g/mol. The van der Waals surface area contributed by atoms with Crippen molar-refractivity contribution < 1.29 is 0 Å². The van der Waals surface area contributed by atoms with Gasteiger partial charge in [0.2, 0.25) is 0 Å². The van der Waals surface area contributed by atoms with Crippen LogP contribution in [0, 0.1) is 0 Å². The molecule has 4 aliphatic carbocycles. The molecule has 0 unspecified atom stereocenters. The second-order valence-corrected chi connectivity index (χ2v) is 18.4. The maximum atomic E-state index is 2.41. The minimum Gasteiger partial charge on any atom is -0.311 e. The SMILES string of the molecule is c1ccc(-c2ccc(N(c3ccc(N(c4ccc(C5CC5)cc4)c4ccc(C5CC5)cc4)cc3)c3ccc(N(c4ccc(C5CC5)cc4)c4ccc(C5CC5)cc4)cc3)cc2)cc1. The van der Waals surface area contributed by atoms with Crippen LogP contribution < -0.4 is 14.7 Å². The fourth-order valence-electron chi connectivity index (χ4n) is 9.53. The van der Waals surface area contributed by atoms with E-state index < -0.39 is 0 Å². The van der Waals surface area contributed by atoms with Gasteiger partial charge in [-0.2, -0.15) is 0 Å². The Kier molecular flexibility index (Phi) is 9.70. The minimum absolute atomic E-state index is 0.728. The number of hydrogen-bond acceptors (Lipinski definition) is 3. The van der Waals surface area contributed by atoms with Crippen LogP contribution >= 0.6 is 0 Å². The molecule has 0 saturated heterocycles. The molecule has 63 heavy (non-hydrogen) atoms. The lowest BCUT2D eigenvalue weighted by molar-refractivity contribution is 1.12. The van der Waals surface area contributed by atoms with Crippen LogP contribution in [0.4, 0.5) is 51.2 Å². The topological polar surface area (TPSA) is 9.72 Å². The molecule has 0 radical (unpaired) electrons. The summed E-state index contributed by atoms with van der Waals surface area (Å²) in [6, 6.07) is 75.1. The van der Waals surface area contributed by atoms with Crippen molar-refractivity contribution >= 4 is 51.2 Å². The van der Waals surface area contributed by atoms with Gasteiger partial charge in [-0.05, 0) is 218 Å². The summed E-state index contributed by atoms with van der Waals surface area (Å²) in [7, 11) is 0. The first-order chi connectivity index (χ1) is 31.2. The molecule has 4 fully saturated rings. The molecule has 3 heteroatoms. The Morgan fingerprint density at radius 2 is 0.397 bits per heavy atom. The molecule has 0 N–H and O–H groups in total. The van der Waals surface area contributed by atoms with E-state index >= 15 is 0 Å². The van der Waals surface area contributed by atoms with Crippen LogP contribution in [0.25, 0.3) is 11.1 Å². The zero-order chi connectivity index (χ0) is 41.7. The second-order valence-electron chi connectivity index (χ2n) is 18.4. The third-order valence-corrected chi connectivity index (χ3v) is 13.8. The standard InChI is InChI=1S/C60H53N3/c1-2-4-42(5-3-1)47-14-24-56(25-15-47)63(59-38-34-57(35-39-59)61(52-26-16-48(17-27-52)43-6-7-43)53-28-18-49(19-29-53)44-8-9-44)60-40-36-58(37-41-60)62(54-30-20-50(21-31-54)45-10-11-45)55-32-22-51(23-33-55)46-12-13-46/h1-5,14-41,43-46H,6-13H2. The van der Waals surface area contributed by atoms with Gasteiger partial charge in [0.25, 0.3) is 0 Å². The molecule has 4 saturated carbocycles. The van der Waals surface area contributed by atoms with Gasteiger partial charge >= 0.3 is 0 Å². The maximum absolute atomic E-state index is 2.41. The van der Waals surface area contributed by atoms with Crippen LogP contribution in [0.5, 0.6) is 0 Å². The van der Waals surface area contributed by atoms with Gasteiger partial charge in [-0.25, -0.2) is 0 Å². The van der Waals surface area contributed by atoms with E-state index in [2.05, 4.69) is 215 Å². The van der Waals surface area contributed by atoms with Crippen molar-refractivity contribution in [2.75, 3.05) is 14.7 Å². The Bertz CT molecular complexity index is 2530. The van der Waals surface area contributed by atoms with E-state index in [9.17, 15) is 0 Å². The number of rotatable bonds is 14. The van der Waals surface area contributed by atoms with E-state index in [0.717, 1.165) is 52.1 Å². The number of benzene rings is 8. The van der Waals surface area contributed by atoms with Gasteiger partial charge in [-0.15, -0.1) is 0 Å². The maximum Gasteiger partial charge on any atom is 0.0463 e. The van der Waals surface area contributed by atoms with E-state index in [-0.39, 0.29) is 0 Å². The van der Waals surface area contributed by atoms with Crippen molar-refractivity contribution in [1.82, 2.24) is 0 Å². The molecule has 3 nitrogen and oxygen atoms in total. The van der Waals surface area contributed by atoms with Crippen LogP contribution in [-0.4, -0.2) is 0 Å². The first kappa shape index (κ1) is 37.9. The predicted molar refractivity (Wildman–Crippen MR) is 264 cm³/mol. The Morgan fingerprint density at radius 1 is 0.206 bits per heavy atom. The Morgan fingerprint density at radius 3 is 0.619 bits per heavy atom. The first-order valence-electron chi connectivity index (χ1n) is 23.3. The molecule has 0 aromatic heterocycles. The monoisotopic (exact) mass is 815 g/mol. The smallest absolute Gasteiger partial charge is 0.0463 e. The fraction of sp³-hybridized carbons (Fsp3) is 0.200. The molecule has 8 aromatic rings. The van der Waals surface area contributed by atoms with Crippen LogP contribution in [0.3, 0.4) is 0 Å². The summed E-state index contributed by atoms with van der Waals surface area (Å²) >= 11 is 0. The molecule has 0 spiro atoms. The van der Waals surface area contributed by atoms with Gasteiger partial charge in [-0.1, -0.05) is 91.0 Å². The predicted octanol–water partition coefficient (Wildman–Crippen LogP) is 17.3. The Labute approximate surface area is 372 Å². The van der Waals surface area contributed by atoms with Crippen molar-refractivity contribution in [3.63, 3.8) is 0 Å². The summed E-state index contributed by atoms with van der Waals surface area (Å²) in [4.78, 5) is 7.21. The van der Waals surface area contributed by atoms with Crippen LogP contribution in [0.15, 0.2) is 200 Å². The third-order valence-electron chi connectivity index (χ3n) is 13.8. The van der Waals surface area contributed by atoms with Gasteiger partial charge in [0.1, 0.15) is 0 Å². The van der Waals surface area contributed by atoms with Gasteiger partial charge in [0.15, 0.2) is 0 Å². The molecular formula is C60H53N3. The molecule has 8 aromatic carbocycles. The lowest BCUT2D eigenvalue weighted by Crippen LogP contribution is -2.13. The van der Waals surface area contributed by atoms with E-state index in [4.69, 9.17) is 0 Å². The van der Waals surface area contributed by atoms with E-state index in [1.54, 1.807) is 0 Å². The second kappa shape index (κ2) is 16.1. The molecule has 0 atom stereocenters. The van der Waals surface area contributed by atoms with Crippen LogP contribution in [0.1, 0.15) is 97.3 Å². The normalized spacial score (nSPS) is 15.8. The van der Waals surface area contributed by atoms with E-state index in [1.807, 2.05) is 0 Å². The largest absolute Gasteiger partial charge is 0.311 e. The summed E-state index contributed by atoms with van der Waals surface area (Å²) in [5.41, 5.74) is 18.6.